The van der Waals surface area contributed by atoms with Gasteiger partial charge in [0.25, 0.3) is 0 Å². The van der Waals surface area contributed by atoms with E-state index in [1.165, 1.54) is 92.9 Å². The molecule has 7 unspecified atom stereocenters. The summed E-state index contributed by atoms with van der Waals surface area (Å²) in [6.07, 6.45) is 19.1. The average Bonchev–Trinajstić information content (AvgIpc) is 3.65. The van der Waals surface area contributed by atoms with Crippen LogP contribution in [0.1, 0.15) is 137 Å². The lowest BCUT2D eigenvalue weighted by Crippen LogP contribution is -2.39. The van der Waals surface area contributed by atoms with Crippen LogP contribution < -0.4 is 15.4 Å². The van der Waals surface area contributed by atoms with E-state index in [-0.39, 0.29) is 0 Å². The van der Waals surface area contributed by atoms with Crippen molar-refractivity contribution in [3.63, 3.8) is 0 Å². The summed E-state index contributed by atoms with van der Waals surface area (Å²) in [6, 6.07) is 9.05. The Morgan fingerprint density at radius 2 is 1.48 bits per heavy atom. The number of carbonyl (C=O) groups is 2. The summed E-state index contributed by atoms with van der Waals surface area (Å²) in [7, 11) is 0. The molecule has 9 atom stereocenters. The zero-order chi connectivity index (χ0) is 33.0. The molecule has 2 amide bonds. The average molecular weight is 647 g/mol. The molecule has 2 N–H and O–H groups in total. The molecular weight excluding hydrogens is 592 g/mol. The van der Waals surface area contributed by atoms with Gasteiger partial charge in [0.05, 0.1) is 18.0 Å². The molecular formula is C43H54N2O3. The quantitative estimate of drug-likeness (QED) is 0.233. The summed E-state index contributed by atoms with van der Waals surface area (Å²) in [6.45, 7) is 7.72. The third kappa shape index (κ3) is 5.37. The lowest BCUT2D eigenvalue weighted by molar-refractivity contribution is -0.106. The largest absolute Gasteiger partial charge is 0.492 e. The molecule has 0 aliphatic heterocycles. The molecule has 5 nitrogen and oxygen atoms in total. The number of hydrogen-bond donors (Lipinski definition) is 2. The standard InChI is InChI=1S/C43H54N2O3/c1-4-48-41-23-36-29(22-40(41)45-26-47)11-13-34-32(36)15-18-43(3)24-27(19-38(34)43)7-5-8-30-20-35-28(21-39(30)44-25-46)10-12-33-31(35)14-17-42(2)16-6-9-37(33)42/h20-23,25-27,31-34,37-38H,4,6-7,9-19,24H2,1-3H3,(H,44,46)(H,45,47)/t27?,31?,32?,33?,34?,37?,38?,42-,43+/m0/s1. The van der Waals surface area contributed by atoms with E-state index in [0.717, 1.165) is 72.5 Å². The number of aryl methyl sites for hydroxylation is 2. The van der Waals surface area contributed by atoms with E-state index in [1.807, 2.05) is 6.92 Å². The molecule has 4 fully saturated rings. The second-order valence-electron chi connectivity index (χ2n) is 17.0. The van der Waals surface area contributed by atoms with Crippen LogP contribution in [0.25, 0.3) is 0 Å². The zero-order valence-electron chi connectivity index (χ0n) is 29.3. The third-order valence-corrected chi connectivity index (χ3v) is 14.7. The van der Waals surface area contributed by atoms with Gasteiger partial charge in [-0.15, -0.1) is 0 Å². The SMILES string of the molecule is CCOc1cc2c(cc1NC=O)CCC1C2CC[C@]2(C)CC(CC#Cc3cc4c(cc3NC=O)CCC3C4CC[C@]4(C)CCCC34)CC12. The molecule has 2 aromatic carbocycles. The van der Waals surface area contributed by atoms with Gasteiger partial charge in [0.15, 0.2) is 0 Å². The van der Waals surface area contributed by atoms with Crippen LogP contribution >= 0.6 is 0 Å². The van der Waals surface area contributed by atoms with Crippen LogP contribution in [0, 0.1) is 52.3 Å². The summed E-state index contributed by atoms with van der Waals surface area (Å²) < 4.78 is 5.98. The van der Waals surface area contributed by atoms with Crippen molar-refractivity contribution in [1.82, 2.24) is 0 Å². The fourth-order valence-electron chi connectivity index (χ4n) is 12.6. The van der Waals surface area contributed by atoms with Crippen LogP contribution in [-0.2, 0) is 22.4 Å². The normalized spacial score (nSPS) is 35.7. The van der Waals surface area contributed by atoms with Gasteiger partial charge in [-0.3, -0.25) is 9.59 Å². The number of ether oxygens (including phenoxy) is 1. The minimum Gasteiger partial charge on any atom is -0.492 e. The fourth-order valence-corrected chi connectivity index (χ4v) is 12.6. The molecule has 0 aromatic heterocycles. The van der Waals surface area contributed by atoms with Crippen molar-refractivity contribution in [3.8, 4) is 17.6 Å². The lowest BCUT2D eigenvalue weighted by atomic mass is 9.56. The number of benzene rings is 2. The summed E-state index contributed by atoms with van der Waals surface area (Å²) in [5.74, 6) is 13.0. The summed E-state index contributed by atoms with van der Waals surface area (Å²) in [4.78, 5) is 22.9. The molecule has 8 rings (SSSR count). The Hall–Kier alpha value is -3.26. The lowest BCUT2D eigenvalue weighted by Gasteiger charge is -2.49. The Kier molecular flexibility index (Phi) is 8.37. The number of anilines is 2. The van der Waals surface area contributed by atoms with Crippen molar-refractivity contribution in [3.05, 3.63) is 52.1 Å². The van der Waals surface area contributed by atoms with Gasteiger partial charge >= 0.3 is 0 Å². The zero-order valence-corrected chi connectivity index (χ0v) is 29.3. The van der Waals surface area contributed by atoms with E-state index < -0.39 is 0 Å². The summed E-state index contributed by atoms with van der Waals surface area (Å²) >= 11 is 0. The first-order valence-corrected chi connectivity index (χ1v) is 19.2. The van der Waals surface area contributed by atoms with Gasteiger partial charge < -0.3 is 15.4 Å². The van der Waals surface area contributed by atoms with E-state index >= 15 is 0 Å². The number of fused-ring (bicyclic) bond motifs is 10. The smallest absolute Gasteiger partial charge is 0.211 e. The number of rotatable bonds is 7. The molecule has 2 aromatic rings. The summed E-state index contributed by atoms with van der Waals surface area (Å²) in [5.41, 5.74) is 9.45. The highest BCUT2D eigenvalue weighted by atomic mass is 16.5. The molecule has 6 aliphatic rings. The summed E-state index contributed by atoms with van der Waals surface area (Å²) in [5, 5.41) is 5.89. The van der Waals surface area contributed by atoms with E-state index in [0.29, 0.717) is 41.1 Å². The molecule has 254 valence electrons. The molecule has 0 radical (unpaired) electrons. The number of nitrogens with one attached hydrogen (secondary N) is 2. The Bertz CT molecular complexity index is 1650. The Labute approximate surface area is 287 Å². The van der Waals surface area contributed by atoms with Crippen molar-refractivity contribution >= 4 is 24.2 Å². The van der Waals surface area contributed by atoms with Crippen LogP contribution in [0.4, 0.5) is 11.4 Å². The fraction of sp³-hybridized carbons (Fsp3) is 0.628. The molecule has 0 heterocycles. The number of amides is 2. The molecule has 0 saturated heterocycles. The predicted octanol–water partition coefficient (Wildman–Crippen LogP) is 9.38. The molecule has 6 aliphatic carbocycles. The minimum absolute atomic E-state index is 0.383. The van der Waals surface area contributed by atoms with Crippen LogP contribution in [0.2, 0.25) is 0 Å². The van der Waals surface area contributed by atoms with Crippen molar-refractivity contribution in [1.29, 1.82) is 0 Å². The van der Waals surface area contributed by atoms with Gasteiger partial charge in [0.1, 0.15) is 5.75 Å². The van der Waals surface area contributed by atoms with Crippen LogP contribution in [0.5, 0.6) is 5.75 Å². The number of hydrogen-bond acceptors (Lipinski definition) is 3. The Morgan fingerprint density at radius 1 is 0.812 bits per heavy atom. The van der Waals surface area contributed by atoms with Crippen molar-refractivity contribution in [2.24, 2.45) is 40.4 Å². The molecule has 48 heavy (non-hydrogen) atoms. The Morgan fingerprint density at radius 3 is 2.21 bits per heavy atom. The van der Waals surface area contributed by atoms with Crippen LogP contribution in [0.3, 0.4) is 0 Å². The Balaban J connectivity index is 1.00. The van der Waals surface area contributed by atoms with Crippen LogP contribution in [-0.4, -0.2) is 19.4 Å². The predicted molar refractivity (Wildman–Crippen MR) is 192 cm³/mol. The maximum atomic E-state index is 11.7. The van der Waals surface area contributed by atoms with E-state index in [1.54, 1.807) is 0 Å². The topological polar surface area (TPSA) is 67.4 Å². The molecule has 5 heteroatoms. The second-order valence-corrected chi connectivity index (χ2v) is 17.0. The van der Waals surface area contributed by atoms with Gasteiger partial charge in [-0.05, 0) is 183 Å². The molecule has 4 saturated carbocycles. The van der Waals surface area contributed by atoms with Crippen molar-refractivity contribution < 1.29 is 14.3 Å². The van der Waals surface area contributed by atoms with Gasteiger partial charge in [-0.2, -0.15) is 0 Å². The first-order chi connectivity index (χ1) is 23.3. The van der Waals surface area contributed by atoms with Gasteiger partial charge in [0, 0.05) is 12.0 Å². The van der Waals surface area contributed by atoms with E-state index in [2.05, 4.69) is 60.6 Å². The highest BCUT2D eigenvalue weighted by Gasteiger charge is 2.53. The molecule has 0 spiro atoms. The maximum Gasteiger partial charge on any atom is 0.211 e. The first kappa shape index (κ1) is 32.0. The van der Waals surface area contributed by atoms with Crippen molar-refractivity contribution in [2.75, 3.05) is 17.2 Å². The van der Waals surface area contributed by atoms with Crippen molar-refractivity contribution in [2.45, 2.75) is 122 Å². The third-order valence-electron chi connectivity index (χ3n) is 14.7. The van der Waals surface area contributed by atoms with Crippen LogP contribution in [0.15, 0.2) is 24.3 Å². The monoisotopic (exact) mass is 646 g/mol. The minimum atomic E-state index is 0.383. The highest BCUT2D eigenvalue weighted by Crippen LogP contribution is 2.63. The maximum absolute atomic E-state index is 11.7. The van der Waals surface area contributed by atoms with Gasteiger partial charge in [0.2, 0.25) is 12.8 Å². The van der Waals surface area contributed by atoms with Gasteiger partial charge in [-0.1, -0.05) is 32.1 Å². The van der Waals surface area contributed by atoms with Gasteiger partial charge in [-0.25, -0.2) is 0 Å². The second kappa shape index (κ2) is 12.6. The van der Waals surface area contributed by atoms with E-state index in [4.69, 9.17) is 4.74 Å². The van der Waals surface area contributed by atoms with E-state index in [9.17, 15) is 9.59 Å². The molecule has 0 bridgehead atoms. The highest BCUT2D eigenvalue weighted by molar-refractivity contribution is 5.77. The first-order valence-electron chi connectivity index (χ1n) is 19.2. The number of carbonyl (C=O) groups excluding carboxylic acids is 2.